The molecule has 4 heteroatoms. The highest BCUT2D eigenvalue weighted by Gasteiger charge is 2.15. The number of aromatic nitrogens is 1. The van der Waals surface area contributed by atoms with E-state index in [0.29, 0.717) is 6.61 Å². The van der Waals surface area contributed by atoms with Crippen LogP contribution in [0.3, 0.4) is 0 Å². The SMILES string of the molecule is C(=Nc1nc(-c2ccc(C3CCCCC3)cc2)cs1)c1c(OCc2ccccc2)ccc2ccccc12. The summed E-state index contributed by atoms with van der Waals surface area (Å²) >= 11 is 1.57. The molecule has 184 valence electrons. The number of hydrogen-bond donors (Lipinski definition) is 0. The Balaban J connectivity index is 1.23. The first kappa shape index (κ1) is 23.6. The van der Waals surface area contributed by atoms with Gasteiger partial charge in [-0.25, -0.2) is 9.98 Å². The van der Waals surface area contributed by atoms with Crippen LogP contribution in [-0.4, -0.2) is 11.2 Å². The van der Waals surface area contributed by atoms with E-state index < -0.39 is 0 Å². The summed E-state index contributed by atoms with van der Waals surface area (Å²) in [5, 5.41) is 5.12. The first-order valence-corrected chi connectivity index (χ1v) is 14.0. The van der Waals surface area contributed by atoms with E-state index in [1.165, 1.54) is 37.7 Å². The lowest BCUT2D eigenvalue weighted by molar-refractivity contribution is 0.306. The van der Waals surface area contributed by atoms with Gasteiger partial charge in [-0.05, 0) is 46.7 Å². The molecule has 1 heterocycles. The number of aliphatic imine (C=N–C) groups is 1. The highest BCUT2D eigenvalue weighted by molar-refractivity contribution is 7.13. The molecule has 6 rings (SSSR count). The van der Waals surface area contributed by atoms with Crippen LogP contribution < -0.4 is 4.74 Å². The minimum atomic E-state index is 0.512. The normalized spacial score (nSPS) is 14.4. The number of hydrogen-bond acceptors (Lipinski definition) is 4. The Bertz CT molecular complexity index is 1500. The molecule has 0 atom stereocenters. The molecule has 0 N–H and O–H groups in total. The van der Waals surface area contributed by atoms with E-state index >= 15 is 0 Å². The van der Waals surface area contributed by atoms with E-state index in [2.05, 4.69) is 72.1 Å². The summed E-state index contributed by atoms with van der Waals surface area (Å²) in [7, 11) is 0. The smallest absolute Gasteiger partial charge is 0.209 e. The Kier molecular flexibility index (Phi) is 7.09. The van der Waals surface area contributed by atoms with Crippen molar-refractivity contribution in [1.82, 2.24) is 4.98 Å². The standard InChI is InChI=1S/C33H30N2OS/c1-3-9-24(10-4-1)22-36-32-20-19-27-13-7-8-14-29(27)30(32)21-34-33-35-31(23-37-33)28-17-15-26(16-18-28)25-11-5-2-6-12-25/h1,3-4,7-10,13-21,23,25H,2,5-6,11-12,22H2. The number of ether oxygens (including phenoxy) is 1. The Labute approximate surface area is 222 Å². The van der Waals surface area contributed by atoms with Gasteiger partial charge in [-0.3, -0.25) is 0 Å². The predicted molar refractivity (Wildman–Crippen MR) is 155 cm³/mol. The molecule has 5 aromatic rings. The van der Waals surface area contributed by atoms with Crippen molar-refractivity contribution in [3.63, 3.8) is 0 Å². The molecule has 1 aliphatic carbocycles. The first-order chi connectivity index (χ1) is 18.3. The maximum absolute atomic E-state index is 6.25. The van der Waals surface area contributed by atoms with E-state index in [-0.39, 0.29) is 0 Å². The molecule has 37 heavy (non-hydrogen) atoms. The zero-order chi connectivity index (χ0) is 24.9. The van der Waals surface area contributed by atoms with E-state index in [1.807, 2.05) is 30.5 Å². The van der Waals surface area contributed by atoms with Crippen molar-refractivity contribution in [3.8, 4) is 17.0 Å². The van der Waals surface area contributed by atoms with Gasteiger partial charge in [0.05, 0.1) is 5.69 Å². The van der Waals surface area contributed by atoms with Gasteiger partial charge in [-0.15, -0.1) is 11.3 Å². The number of rotatable bonds is 7. The van der Waals surface area contributed by atoms with E-state index in [9.17, 15) is 0 Å². The van der Waals surface area contributed by atoms with Crippen molar-refractivity contribution in [2.24, 2.45) is 4.99 Å². The van der Waals surface area contributed by atoms with Crippen LogP contribution in [0.2, 0.25) is 0 Å². The molecule has 0 unspecified atom stereocenters. The second kappa shape index (κ2) is 11.1. The summed E-state index contributed by atoms with van der Waals surface area (Å²) in [6.45, 7) is 0.512. The number of fused-ring (bicyclic) bond motifs is 1. The molecule has 0 radical (unpaired) electrons. The molecule has 0 spiro atoms. The highest BCUT2D eigenvalue weighted by atomic mass is 32.1. The summed E-state index contributed by atoms with van der Waals surface area (Å²) in [5.74, 6) is 1.54. The maximum Gasteiger partial charge on any atom is 0.209 e. The zero-order valence-electron chi connectivity index (χ0n) is 20.8. The molecular weight excluding hydrogens is 472 g/mol. The van der Waals surface area contributed by atoms with Crippen molar-refractivity contribution in [3.05, 3.63) is 113 Å². The molecule has 1 saturated carbocycles. The molecule has 0 bridgehead atoms. The molecule has 0 saturated heterocycles. The van der Waals surface area contributed by atoms with Crippen LogP contribution in [0.1, 0.15) is 54.7 Å². The number of nitrogens with zero attached hydrogens (tertiary/aromatic N) is 2. The van der Waals surface area contributed by atoms with Gasteiger partial charge in [-0.1, -0.05) is 104 Å². The van der Waals surface area contributed by atoms with Gasteiger partial charge in [0.1, 0.15) is 12.4 Å². The molecule has 1 aromatic heterocycles. The van der Waals surface area contributed by atoms with Crippen LogP contribution in [0.25, 0.3) is 22.0 Å². The molecule has 1 fully saturated rings. The molecule has 1 aliphatic rings. The lowest BCUT2D eigenvalue weighted by atomic mass is 9.84. The van der Waals surface area contributed by atoms with Crippen molar-refractivity contribution >= 4 is 33.5 Å². The predicted octanol–water partition coefficient (Wildman–Crippen LogP) is 9.34. The van der Waals surface area contributed by atoms with Crippen molar-refractivity contribution in [2.45, 2.75) is 44.6 Å². The fourth-order valence-corrected chi connectivity index (χ4v) is 5.88. The second-order valence-corrected chi connectivity index (χ2v) is 10.5. The third-order valence-electron chi connectivity index (χ3n) is 7.25. The zero-order valence-corrected chi connectivity index (χ0v) is 21.7. The minimum absolute atomic E-state index is 0.512. The van der Waals surface area contributed by atoms with Gasteiger partial charge in [0.25, 0.3) is 0 Å². The lowest BCUT2D eigenvalue weighted by Gasteiger charge is -2.22. The minimum Gasteiger partial charge on any atom is -0.488 e. The van der Waals surface area contributed by atoms with Crippen molar-refractivity contribution < 1.29 is 4.74 Å². The topological polar surface area (TPSA) is 34.5 Å². The summed E-state index contributed by atoms with van der Waals surface area (Å²) in [6.07, 6.45) is 8.64. The van der Waals surface area contributed by atoms with Gasteiger partial charge in [-0.2, -0.15) is 0 Å². The largest absolute Gasteiger partial charge is 0.488 e. The highest BCUT2D eigenvalue weighted by Crippen LogP contribution is 2.34. The second-order valence-electron chi connectivity index (χ2n) is 9.70. The van der Waals surface area contributed by atoms with Crippen LogP contribution in [0, 0.1) is 0 Å². The molecule has 4 aromatic carbocycles. The monoisotopic (exact) mass is 502 g/mol. The summed E-state index contributed by atoms with van der Waals surface area (Å²) in [5.41, 5.74) is 5.70. The lowest BCUT2D eigenvalue weighted by Crippen LogP contribution is -2.04. The maximum atomic E-state index is 6.25. The van der Waals surface area contributed by atoms with Crippen LogP contribution in [0.5, 0.6) is 5.75 Å². The fraction of sp³-hybridized carbons (Fsp3) is 0.212. The van der Waals surface area contributed by atoms with E-state index in [1.54, 1.807) is 11.3 Å². The Hall–Kier alpha value is -3.76. The molecule has 0 amide bonds. The summed E-state index contributed by atoms with van der Waals surface area (Å²) in [6, 6.07) is 31.7. The van der Waals surface area contributed by atoms with Gasteiger partial charge < -0.3 is 4.74 Å². The third kappa shape index (κ3) is 5.50. The Morgan fingerprint density at radius 1 is 0.838 bits per heavy atom. The van der Waals surface area contributed by atoms with Gasteiger partial charge >= 0.3 is 0 Å². The number of benzene rings is 4. The van der Waals surface area contributed by atoms with Crippen LogP contribution in [-0.2, 0) is 6.61 Å². The van der Waals surface area contributed by atoms with Gasteiger partial charge in [0, 0.05) is 22.7 Å². The first-order valence-electron chi connectivity index (χ1n) is 13.1. The van der Waals surface area contributed by atoms with E-state index in [0.717, 1.165) is 50.0 Å². The Morgan fingerprint density at radius 3 is 2.46 bits per heavy atom. The summed E-state index contributed by atoms with van der Waals surface area (Å²) in [4.78, 5) is 9.60. The van der Waals surface area contributed by atoms with Crippen LogP contribution in [0.4, 0.5) is 5.13 Å². The fourth-order valence-electron chi connectivity index (χ4n) is 5.21. The van der Waals surface area contributed by atoms with Crippen LogP contribution in [0.15, 0.2) is 101 Å². The average Bonchev–Trinajstić information content (AvgIpc) is 3.45. The average molecular weight is 503 g/mol. The third-order valence-corrected chi connectivity index (χ3v) is 8.00. The quantitative estimate of drug-likeness (QED) is 0.208. The van der Waals surface area contributed by atoms with Crippen molar-refractivity contribution in [2.75, 3.05) is 0 Å². The molecule has 0 aliphatic heterocycles. The Morgan fingerprint density at radius 2 is 1.62 bits per heavy atom. The van der Waals surface area contributed by atoms with Gasteiger partial charge in [0.2, 0.25) is 5.13 Å². The summed E-state index contributed by atoms with van der Waals surface area (Å²) < 4.78 is 6.25. The van der Waals surface area contributed by atoms with Crippen molar-refractivity contribution in [1.29, 1.82) is 0 Å². The van der Waals surface area contributed by atoms with Crippen LogP contribution >= 0.6 is 11.3 Å². The molecular formula is C33H30N2OS. The van der Waals surface area contributed by atoms with Gasteiger partial charge in [0.15, 0.2) is 0 Å². The molecule has 3 nitrogen and oxygen atoms in total. The number of thiazole rings is 1. The van der Waals surface area contributed by atoms with E-state index in [4.69, 9.17) is 14.7 Å².